The van der Waals surface area contributed by atoms with E-state index in [1.165, 1.54) is 0 Å². The van der Waals surface area contributed by atoms with Crippen molar-refractivity contribution in [2.45, 2.75) is 52.1 Å². The number of carbonyl (C=O) groups excluding carboxylic acids is 1. The number of carboxylic acids is 1. The molecule has 0 spiro atoms. The number of hydrogen-bond donors (Lipinski definition) is 1. The average Bonchev–Trinajstić information content (AvgIpc) is 3.26. The molecule has 1 amide bonds. The summed E-state index contributed by atoms with van der Waals surface area (Å²) in [5.74, 6) is -0.122. The van der Waals surface area contributed by atoms with E-state index in [9.17, 15) is 14.7 Å². The van der Waals surface area contributed by atoms with Gasteiger partial charge >= 0.3 is 12.1 Å². The number of aromatic nitrogens is 2. The van der Waals surface area contributed by atoms with Crippen LogP contribution >= 0.6 is 0 Å². The van der Waals surface area contributed by atoms with Crippen LogP contribution in [0.4, 0.5) is 4.79 Å². The summed E-state index contributed by atoms with van der Waals surface area (Å²) in [6, 6.07) is 17.6. The van der Waals surface area contributed by atoms with E-state index in [2.05, 4.69) is 6.07 Å². The second-order valence-corrected chi connectivity index (χ2v) is 8.94. The lowest BCUT2D eigenvalue weighted by atomic mass is 9.89. The van der Waals surface area contributed by atoms with Gasteiger partial charge in [0.05, 0.1) is 24.9 Å². The molecule has 0 radical (unpaired) electrons. The van der Waals surface area contributed by atoms with Gasteiger partial charge in [-0.1, -0.05) is 49.4 Å². The molecule has 0 bridgehead atoms. The molecule has 0 saturated carbocycles. The van der Waals surface area contributed by atoms with Gasteiger partial charge in [-0.15, -0.1) is 0 Å². The zero-order valence-corrected chi connectivity index (χ0v) is 20.9. The Bertz CT molecular complexity index is 1190. The molecule has 2 aromatic carbocycles. The predicted molar refractivity (Wildman–Crippen MR) is 136 cm³/mol. The van der Waals surface area contributed by atoms with Gasteiger partial charge < -0.3 is 19.5 Å². The van der Waals surface area contributed by atoms with E-state index in [1.54, 1.807) is 4.90 Å². The second kappa shape index (κ2) is 11.7. The highest BCUT2D eigenvalue weighted by Gasteiger charge is 2.33. The molecule has 0 saturated heterocycles. The SMILES string of the molecule is CCCOC(=O)N1CCc2c(OCCn3nc(-c4ccccc4)cc3C)cccc2C1CCC(=O)O. The van der Waals surface area contributed by atoms with E-state index < -0.39 is 12.1 Å². The van der Waals surface area contributed by atoms with E-state index in [4.69, 9.17) is 14.6 Å². The summed E-state index contributed by atoms with van der Waals surface area (Å²) in [4.78, 5) is 25.6. The molecule has 1 N–H and O–H groups in total. The van der Waals surface area contributed by atoms with Crippen molar-refractivity contribution < 1.29 is 24.2 Å². The first-order valence-electron chi connectivity index (χ1n) is 12.5. The third-order valence-electron chi connectivity index (χ3n) is 6.41. The van der Waals surface area contributed by atoms with Crippen LogP contribution in [0, 0.1) is 6.92 Å². The Morgan fingerprint density at radius 2 is 1.92 bits per heavy atom. The quantitative estimate of drug-likeness (QED) is 0.416. The van der Waals surface area contributed by atoms with Gasteiger partial charge in [-0.05, 0) is 43.9 Å². The molecular formula is C28H33N3O5. The van der Waals surface area contributed by atoms with Crippen molar-refractivity contribution >= 4 is 12.1 Å². The molecule has 3 aromatic rings. The predicted octanol–water partition coefficient (Wildman–Crippen LogP) is 5.25. The molecule has 1 aromatic heterocycles. The maximum Gasteiger partial charge on any atom is 0.410 e. The number of benzene rings is 2. The smallest absolute Gasteiger partial charge is 0.410 e. The summed E-state index contributed by atoms with van der Waals surface area (Å²) >= 11 is 0. The number of rotatable bonds is 10. The summed E-state index contributed by atoms with van der Waals surface area (Å²) in [7, 11) is 0. The van der Waals surface area contributed by atoms with Crippen LogP contribution in [0.2, 0.25) is 0 Å². The summed E-state index contributed by atoms with van der Waals surface area (Å²) < 4.78 is 13.5. The van der Waals surface area contributed by atoms with E-state index in [0.717, 1.165) is 40.2 Å². The zero-order valence-electron chi connectivity index (χ0n) is 20.9. The van der Waals surface area contributed by atoms with Crippen molar-refractivity contribution in [2.24, 2.45) is 0 Å². The van der Waals surface area contributed by atoms with E-state index in [-0.39, 0.29) is 12.5 Å². The Morgan fingerprint density at radius 1 is 1.11 bits per heavy atom. The fourth-order valence-corrected chi connectivity index (χ4v) is 4.64. The van der Waals surface area contributed by atoms with Gasteiger partial charge in [-0.2, -0.15) is 5.10 Å². The summed E-state index contributed by atoms with van der Waals surface area (Å²) in [5, 5.41) is 14.0. The minimum Gasteiger partial charge on any atom is -0.491 e. The molecule has 4 rings (SSSR count). The normalized spacial score (nSPS) is 14.8. The van der Waals surface area contributed by atoms with Gasteiger partial charge in [0.1, 0.15) is 12.4 Å². The van der Waals surface area contributed by atoms with Gasteiger partial charge in [0, 0.05) is 29.8 Å². The van der Waals surface area contributed by atoms with Crippen LogP contribution in [0.25, 0.3) is 11.3 Å². The summed E-state index contributed by atoms with van der Waals surface area (Å²) in [6.45, 7) is 5.81. The molecule has 8 nitrogen and oxygen atoms in total. The van der Waals surface area contributed by atoms with Crippen molar-refractivity contribution in [1.82, 2.24) is 14.7 Å². The number of ether oxygens (including phenoxy) is 2. The number of amides is 1. The molecule has 1 aliphatic heterocycles. The number of aryl methyl sites for hydroxylation is 1. The first-order valence-corrected chi connectivity index (χ1v) is 12.5. The molecule has 1 atom stereocenters. The van der Waals surface area contributed by atoms with Crippen LogP contribution in [0.1, 0.15) is 49.0 Å². The minimum atomic E-state index is -0.888. The Kier molecular flexibility index (Phi) is 8.25. The highest BCUT2D eigenvalue weighted by molar-refractivity contribution is 5.70. The van der Waals surface area contributed by atoms with Crippen molar-refractivity contribution in [2.75, 3.05) is 19.8 Å². The standard InChI is InChI=1S/C28H33N3O5/c1-3-17-36-28(34)30-15-14-23-22(25(30)12-13-27(32)33)10-7-11-26(23)35-18-16-31-20(2)19-24(29-31)21-8-5-4-6-9-21/h4-11,19,25H,3,12-18H2,1-2H3,(H,32,33). The lowest BCUT2D eigenvalue weighted by Crippen LogP contribution is -2.41. The van der Waals surface area contributed by atoms with Gasteiger partial charge in [0.25, 0.3) is 0 Å². The highest BCUT2D eigenvalue weighted by Crippen LogP contribution is 2.38. The van der Waals surface area contributed by atoms with Crippen LogP contribution in [0.5, 0.6) is 5.75 Å². The second-order valence-electron chi connectivity index (χ2n) is 8.94. The third-order valence-corrected chi connectivity index (χ3v) is 6.41. The third kappa shape index (κ3) is 5.87. The number of carboxylic acid groups (broad SMARTS) is 1. The Labute approximate surface area is 211 Å². The van der Waals surface area contributed by atoms with Crippen LogP contribution < -0.4 is 4.74 Å². The minimum absolute atomic E-state index is 0.0327. The number of hydrogen-bond acceptors (Lipinski definition) is 5. The van der Waals surface area contributed by atoms with Crippen molar-refractivity contribution in [1.29, 1.82) is 0 Å². The van der Waals surface area contributed by atoms with Crippen LogP contribution in [0.3, 0.4) is 0 Å². The molecule has 0 fully saturated rings. The molecule has 1 aliphatic rings. The highest BCUT2D eigenvalue weighted by atomic mass is 16.6. The fraction of sp³-hybridized carbons (Fsp3) is 0.393. The number of fused-ring (bicyclic) bond motifs is 1. The number of carbonyl (C=O) groups is 2. The largest absolute Gasteiger partial charge is 0.491 e. The van der Waals surface area contributed by atoms with Crippen LogP contribution in [-0.2, 0) is 22.5 Å². The lowest BCUT2D eigenvalue weighted by Gasteiger charge is -2.37. The molecule has 0 aliphatic carbocycles. The lowest BCUT2D eigenvalue weighted by molar-refractivity contribution is -0.137. The van der Waals surface area contributed by atoms with Crippen LogP contribution in [0.15, 0.2) is 54.6 Å². The summed E-state index contributed by atoms with van der Waals surface area (Å²) in [6.07, 6.45) is 1.25. The number of aliphatic carboxylic acids is 1. The van der Waals surface area contributed by atoms with Gasteiger partial charge in [-0.25, -0.2) is 4.79 Å². The Balaban J connectivity index is 1.48. The molecule has 8 heteroatoms. The average molecular weight is 492 g/mol. The van der Waals surface area contributed by atoms with Gasteiger partial charge in [0.2, 0.25) is 0 Å². The first-order chi connectivity index (χ1) is 17.5. The topological polar surface area (TPSA) is 93.9 Å². The van der Waals surface area contributed by atoms with E-state index in [0.29, 0.717) is 39.1 Å². The van der Waals surface area contributed by atoms with E-state index >= 15 is 0 Å². The maximum atomic E-state index is 12.7. The Hall–Kier alpha value is -3.81. The Morgan fingerprint density at radius 3 is 2.67 bits per heavy atom. The number of nitrogens with zero attached hydrogens (tertiary/aromatic N) is 3. The molecule has 190 valence electrons. The van der Waals surface area contributed by atoms with Gasteiger partial charge in [-0.3, -0.25) is 9.48 Å². The van der Waals surface area contributed by atoms with Crippen molar-refractivity contribution in [3.05, 3.63) is 71.4 Å². The summed E-state index contributed by atoms with van der Waals surface area (Å²) in [5.41, 5.74) is 5.01. The molecule has 1 unspecified atom stereocenters. The van der Waals surface area contributed by atoms with Gasteiger partial charge in [0.15, 0.2) is 0 Å². The monoisotopic (exact) mass is 491 g/mol. The first kappa shape index (κ1) is 25.3. The van der Waals surface area contributed by atoms with Crippen molar-refractivity contribution in [3.8, 4) is 17.0 Å². The molecular weight excluding hydrogens is 458 g/mol. The zero-order chi connectivity index (χ0) is 25.5. The molecule has 2 heterocycles. The van der Waals surface area contributed by atoms with Crippen LogP contribution in [-0.4, -0.2) is 51.6 Å². The maximum absolute atomic E-state index is 12.7. The molecule has 36 heavy (non-hydrogen) atoms. The van der Waals surface area contributed by atoms with E-state index in [1.807, 2.05) is 67.1 Å². The van der Waals surface area contributed by atoms with Crippen molar-refractivity contribution in [3.63, 3.8) is 0 Å². The fourth-order valence-electron chi connectivity index (χ4n) is 4.64.